The Labute approximate surface area is 133 Å². The van der Waals surface area contributed by atoms with E-state index in [0.29, 0.717) is 0 Å². The van der Waals surface area contributed by atoms with Gasteiger partial charge in [-0.3, -0.25) is 4.79 Å². The molecule has 0 radical (unpaired) electrons. The van der Waals surface area contributed by atoms with E-state index in [1.54, 1.807) is 0 Å². The lowest BCUT2D eigenvalue weighted by atomic mass is 10.0. The number of hydrogen-bond donors (Lipinski definition) is 0. The van der Waals surface area contributed by atoms with Gasteiger partial charge in [0.25, 0.3) is 0 Å². The number of ether oxygens (including phenoxy) is 2. The zero-order valence-corrected chi connectivity index (χ0v) is 12.9. The molecule has 6 heteroatoms. The Hall–Kier alpha value is -2.76. The molecule has 0 amide bonds. The van der Waals surface area contributed by atoms with Gasteiger partial charge in [0.15, 0.2) is 5.78 Å². The molecule has 1 aromatic rings. The molecule has 5 nitrogen and oxygen atoms in total. The Morgan fingerprint density at radius 2 is 1.61 bits per heavy atom. The van der Waals surface area contributed by atoms with E-state index in [-0.39, 0.29) is 29.6 Å². The summed E-state index contributed by atoms with van der Waals surface area (Å²) in [5.41, 5.74) is 0.503. The lowest BCUT2D eigenvalue weighted by Gasteiger charge is -2.07. The average molecular weight is 320 g/mol. The van der Waals surface area contributed by atoms with Crippen molar-refractivity contribution in [2.45, 2.75) is 12.8 Å². The highest BCUT2D eigenvalue weighted by molar-refractivity contribution is 6.08. The van der Waals surface area contributed by atoms with Gasteiger partial charge >= 0.3 is 11.9 Å². The fourth-order valence-corrected chi connectivity index (χ4v) is 1.75. The minimum absolute atomic E-state index is 0.0897. The van der Waals surface area contributed by atoms with Gasteiger partial charge in [-0.15, -0.1) is 0 Å². The van der Waals surface area contributed by atoms with Crippen LogP contribution in [0.15, 0.2) is 48.1 Å². The van der Waals surface area contributed by atoms with Gasteiger partial charge < -0.3 is 9.47 Å². The number of esters is 2. The fourth-order valence-electron chi connectivity index (χ4n) is 1.75. The fraction of sp³-hybridized carbons (Fsp3) is 0.235. The second-order valence-corrected chi connectivity index (χ2v) is 4.63. The first-order chi connectivity index (χ1) is 10.9. The van der Waals surface area contributed by atoms with E-state index >= 15 is 0 Å². The highest BCUT2D eigenvalue weighted by atomic mass is 19.1. The summed E-state index contributed by atoms with van der Waals surface area (Å²) in [4.78, 5) is 35.1. The first-order valence-corrected chi connectivity index (χ1v) is 6.74. The summed E-state index contributed by atoms with van der Waals surface area (Å²) < 4.78 is 22.0. The van der Waals surface area contributed by atoms with Crippen LogP contribution in [0.4, 0.5) is 4.39 Å². The minimum Gasteiger partial charge on any atom is -0.466 e. The van der Waals surface area contributed by atoms with Crippen molar-refractivity contribution in [2.24, 2.45) is 0 Å². The predicted octanol–water partition coefficient (Wildman–Crippen LogP) is 2.62. The molecule has 0 spiro atoms. The van der Waals surface area contributed by atoms with E-state index in [9.17, 15) is 18.8 Å². The van der Waals surface area contributed by atoms with E-state index in [2.05, 4.69) is 16.1 Å². The zero-order chi connectivity index (χ0) is 17.4. The van der Waals surface area contributed by atoms with Crippen LogP contribution in [0.5, 0.6) is 0 Å². The number of benzene rings is 1. The summed E-state index contributed by atoms with van der Waals surface area (Å²) in [6.07, 6.45) is 1.35. The van der Waals surface area contributed by atoms with Crippen molar-refractivity contribution in [3.63, 3.8) is 0 Å². The van der Waals surface area contributed by atoms with Crippen LogP contribution < -0.4 is 0 Å². The lowest BCUT2D eigenvalue weighted by molar-refractivity contribution is -0.137. The van der Waals surface area contributed by atoms with E-state index in [1.165, 1.54) is 26.4 Å². The predicted molar refractivity (Wildman–Crippen MR) is 81.2 cm³/mol. The van der Waals surface area contributed by atoms with Gasteiger partial charge in [0, 0.05) is 16.7 Å². The van der Waals surface area contributed by atoms with Gasteiger partial charge in [-0.2, -0.15) is 0 Å². The first kappa shape index (κ1) is 18.3. The molecule has 0 bridgehead atoms. The number of carbonyl (C=O) groups is 3. The topological polar surface area (TPSA) is 69.7 Å². The molecule has 122 valence electrons. The van der Waals surface area contributed by atoms with Crippen LogP contribution in [0, 0.1) is 5.82 Å². The summed E-state index contributed by atoms with van der Waals surface area (Å²) in [5, 5.41) is 0. The second kappa shape index (κ2) is 8.63. The monoisotopic (exact) mass is 320 g/mol. The second-order valence-electron chi connectivity index (χ2n) is 4.63. The van der Waals surface area contributed by atoms with Crippen LogP contribution in [0.1, 0.15) is 23.2 Å². The van der Waals surface area contributed by atoms with Gasteiger partial charge in [-0.25, -0.2) is 14.0 Å². The van der Waals surface area contributed by atoms with Crippen molar-refractivity contribution in [3.05, 3.63) is 59.4 Å². The Kier molecular flexibility index (Phi) is 6.86. The molecule has 23 heavy (non-hydrogen) atoms. The maximum Gasteiger partial charge on any atom is 0.333 e. The number of hydrogen-bond acceptors (Lipinski definition) is 5. The highest BCUT2D eigenvalue weighted by Crippen LogP contribution is 2.15. The lowest BCUT2D eigenvalue weighted by Crippen LogP contribution is -2.10. The molecule has 0 fully saturated rings. The van der Waals surface area contributed by atoms with Crippen LogP contribution in [-0.2, 0) is 19.1 Å². The maximum atomic E-state index is 12.9. The first-order valence-electron chi connectivity index (χ1n) is 6.74. The normalized spacial score (nSPS) is 10.8. The number of allylic oxidation sites excluding steroid dienone is 1. The molecule has 0 saturated carbocycles. The van der Waals surface area contributed by atoms with Crippen molar-refractivity contribution in [3.8, 4) is 0 Å². The molecule has 0 aliphatic carbocycles. The van der Waals surface area contributed by atoms with Crippen molar-refractivity contribution in [2.75, 3.05) is 14.2 Å². The number of ketones is 1. The van der Waals surface area contributed by atoms with E-state index in [1.807, 2.05) is 0 Å². The summed E-state index contributed by atoms with van der Waals surface area (Å²) in [6.45, 7) is 3.55. The van der Waals surface area contributed by atoms with Crippen molar-refractivity contribution in [1.29, 1.82) is 0 Å². The van der Waals surface area contributed by atoms with E-state index in [0.717, 1.165) is 18.2 Å². The molecule has 0 atom stereocenters. The third-order valence-electron chi connectivity index (χ3n) is 3.05. The third-order valence-corrected chi connectivity index (χ3v) is 3.05. The standard InChI is InChI=1S/C17H17FO5/c1-11(16(20)22-2)4-5-13(17(21)23-3)10-15(19)12-6-8-14(18)9-7-12/h6-10H,1,4-5H2,2-3H3/b13-10+. The van der Waals surface area contributed by atoms with Gasteiger partial charge in [0.2, 0.25) is 0 Å². The molecule has 0 heterocycles. The summed E-state index contributed by atoms with van der Waals surface area (Å²) in [6, 6.07) is 4.93. The SMILES string of the molecule is C=C(CC/C(=C\C(=O)c1ccc(F)cc1)C(=O)OC)C(=O)OC. The molecule has 0 unspecified atom stereocenters. The molecule has 0 N–H and O–H groups in total. The average Bonchev–Trinajstić information content (AvgIpc) is 2.57. The van der Waals surface area contributed by atoms with Crippen LogP contribution in [0.25, 0.3) is 0 Å². The van der Waals surface area contributed by atoms with Crippen LogP contribution in [-0.4, -0.2) is 31.9 Å². The van der Waals surface area contributed by atoms with E-state index in [4.69, 9.17) is 0 Å². The van der Waals surface area contributed by atoms with E-state index < -0.39 is 23.5 Å². The maximum absolute atomic E-state index is 12.9. The molecule has 1 aromatic carbocycles. The molecule has 0 aliphatic rings. The molecule has 1 rings (SSSR count). The van der Waals surface area contributed by atoms with Gasteiger partial charge in [-0.1, -0.05) is 6.58 Å². The summed E-state index contributed by atoms with van der Waals surface area (Å²) in [7, 11) is 2.41. The Morgan fingerprint density at radius 1 is 1.04 bits per heavy atom. The minimum atomic E-state index is -0.682. The van der Waals surface area contributed by atoms with Gasteiger partial charge in [0.05, 0.1) is 14.2 Å². The van der Waals surface area contributed by atoms with Gasteiger partial charge in [0.1, 0.15) is 5.82 Å². The molecular formula is C17H17FO5. The Bertz CT molecular complexity index is 643. The number of methoxy groups -OCH3 is 2. The van der Waals surface area contributed by atoms with Gasteiger partial charge in [-0.05, 0) is 43.2 Å². The number of carbonyl (C=O) groups excluding carboxylic acids is 3. The zero-order valence-electron chi connectivity index (χ0n) is 12.9. The van der Waals surface area contributed by atoms with Crippen molar-refractivity contribution >= 4 is 17.7 Å². The van der Waals surface area contributed by atoms with Crippen LogP contribution in [0.3, 0.4) is 0 Å². The third kappa shape index (κ3) is 5.50. The summed E-state index contributed by atoms with van der Waals surface area (Å²) in [5.74, 6) is -2.20. The Balaban J connectivity index is 2.90. The van der Waals surface area contributed by atoms with Crippen molar-refractivity contribution < 1.29 is 28.2 Å². The molecule has 0 aliphatic heterocycles. The number of rotatable bonds is 7. The van der Waals surface area contributed by atoms with Crippen molar-refractivity contribution in [1.82, 2.24) is 0 Å². The number of halogens is 1. The smallest absolute Gasteiger partial charge is 0.333 e. The van der Waals surface area contributed by atoms with Crippen LogP contribution in [0.2, 0.25) is 0 Å². The highest BCUT2D eigenvalue weighted by Gasteiger charge is 2.15. The largest absolute Gasteiger partial charge is 0.466 e. The molecule has 0 aromatic heterocycles. The van der Waals surface area contributed by atoms with Crippen LogP contribution >= 0.6 is 0 Å². The molecule has 0 saturated heterocycles. The Morgan fingerprint density at radius 3 is 2.13 bits per heavy atom. The summed E-state index contributed by atoms with van der Waals surface area (Å²) >= 11 is 0. The molecular weight excluding hydrogens is 303 g/mol. The quantitative estimate of drug-likeness (QED) is 0.439.